The first-order valence-electron chi connectivity index (χ1n) is 13.8. The Labute approximate surface area is 254 Å². The molecule has 0 aromatic heterocycles. The number of hydrogen-bond donors (Lipinski definition) is 10. The number of methoxy groups -OCH3 is 1. The van der Waals surface area contributed by atoms with Crippen LogP contribution in [-0.4, -0.2) is 145 Å². The molecule has 248 valence electrons. The molecule has 2 aromatic carbocycles. The Morgan fingerprint density at radius 2 is 1.42 bits per heavy atom. The van der Waals surface area contributed by atoms with Crippen LogP contribution in [-0.2, 0) is 18.9 Å². The van der Waals surface area contributed by atoms with E-state index < -0.39 is 104 Å². The molecule has 2 aromatic rings. The molecule has 17 nitrogen and oxygen atoms in total. The van der Waals surface area contributed by atoms with Crippen LogP contribution in [0.15, 0.2) is 30.3 Å². The van der Waals surface area contributed by atoms with E-state index in [4.69, 9.17) is 28.4 Å². The van der Waals surface area contributed by atoms with Gasteiger partial charge in [-0.05, 0) is 17.7 Å². The summed E-state index contributed by atoms with van der Waals surface area (Å²) in [5, 5.41) is 102. The van der Waals surface area contributed by atoms with Gasteiger partial charge in [0.05, 0.1) is 20.3 Å². The highest BCUT2D eigenvalue weighted by Gasteiger charge is 2.50. The van der Waals surface area contributed by atoms with Crippen molar-refractivity contribution in [3.63, 3.8) is 0 Å². The Morgan fingerprint density at radius 1 is 0.778 bits per heavy atom. The lowest BCUT2D eigenvalue weighted by atomic mass is 9.92. The molecule has 0 spiro atoms. The summed E-state index contributed by atoms with van der Waals surface area (Å²) >= 11 is 0. The van der Waals surface area contributed by atoms with Crippen LogP contribution in [0, 0.1) is 0 Å². The lowest BCUT2D eigenvalue weighted by Gasteiger charge is -2.44. The monoisotopic (exact) mass is 642 g/mol. The molecule has 0 saturated carbocycles. The predicted octanol–water partition coefficient (Wildman–Crippen LogP) is -2.86. The number of aliphatic hydroxyl groups is 7. The normalized spacial score (nSPS) is 36.7. The van der Waals surface area contributed by atoms with E-state index in [0.29, 0.717) is 0 Å². The maximum atomic E-state index is 13.7. The average molecular weight is 643 g/mol. The molecule has 45 heavy (non-hydrogen) atoms. The number of ketones is 1. The second-order valence-corrected chi connectivity index (χ2v) is 10.8. The van der Waals surface area contributed by atoms with Crippen LogP contribution in [0.5, 0.6) is 28.7 Å². The van der Waals surface area contributed by atoms with Crippen LogP contribution in [0.3, 0.4) is 0 Å². The third-order valence-electron chi connectivity index (χ3n) is 7.85. The van der Waals surface area contributed by atoms with Crippen molar-refractivity contribution in [3.05, 3.63) is 41.5 Å². The van der Waals surface area contributed by atoms with Gasteiger partial charge in [-0.25, -0.2) is 0 Å². The summed E-state index contributed by atoms with van der Waals surface area (Å²) in [6.45, 7) is -1.37. The number of ether oxygens (including phenoxy) is 6. The minimum absolute atomic E-state index is 0.00440. The average Bonchev–Trinajstić information content (AvgIpc) is 3.01. The van der Waals surface area contributed by atoms with Crippen LogP contribution in [0.2, 0.25) is 0 Å². The number of benzene rings is 2. The summed E-state index contributed by atoms with van der Waals surface area (Å²) in [5.74, 6) is -2.37. The predicted molar refractivity (Wildman–Crippen MR) is 143 cm³/mol. The number of fused-ring (bicyclic) bond motifs is 1. The molecular weight excluding hydrogens is 608 g/mol. The van der Waals surface area contributed by atoms with Crippen LogP contribution in [0.25, 0.3) is 0 Å². The molecule has 2 fully saturated rings. The lowest BCUT2D eigenvalue weighted by Crippen LogP contribution is -2.62. The molecule has 10 N–H and O–H groups in total. The van der Waals surface area contributed by atoms with Gasteiger partial charge in [0.15, 0.2) is 36.3 Å². The van der Waals surface area contributed by atoms with Crippen molar-refractivity contribution in [2.24, 2.45) is 0 Å². The van der Waals surface area contributed by atoms with E-state index in [1.807, 2.05) is 0 Å². The molecule has 17 heteroatoms. The topological polar surface area (TPSA) is 275 Å². The van der Waals surface area contributed by atoms with E-state index in [1.54, 1.807) is 0 Å². The van der Waals surface area contributed by atoms with Crippen LogP contribution in [0.4, 0.5) is 0 Å². The number of carbonyl (C=O) groups excluding carboxylic acids is 1. The zero-order chi connectivity index (χ0) is 32.7. The van der Waals surface area contributed by atoms with Gasteiger partial charge in [-0.1, -0.05) is 6.07 Å². The van der Waals surface area contributed by atoms with Crippen molar-refractivity contribution < 1.29 is 84.3 Å². The summed E-state index contributed by atoms with van der Waals surface area (Å²) < 4.78 is 33.3. The van der Waals surface area contributed by atoms with Gasteiger partial charge in [-0.15, -0.1) is 0 Å². The molecule has 0 amide bonds. The summed E-state index contributed by atoms with van der Waals surface area (Å²) in [6, 6.07) is 5.97. The first-order valence-corrected chi connectivity index (χ1v) is 13.8. The van der Waals surface area contributed by atoms with E-state index in [1.165, 1.54) is 25.3 Å². The van der Waals surface area contributed by atoms with E-state index >= 15 is 0 Å². The van der Waals surface area contributed by atoms with Gasteiger partial charge in [0.1, 0.15) is 71.6 Å². The molecule has 2 saturated heterocycles. The maximum absolute atomic E-state index is 13.7. The minimum atomic E-state index is -1.94. The number of rotatable bonds is 8. The molecule has 3 aliphatic rings. The van der Waals surface area contributed by atoms with Gasteiger partial charge in [0, 0.05) is 12.1 Å². The van der Waals surface area contributed by atoms with Gasteiger partial charge in [0.25, 0.3) is 0 Å². The van der Waals surface area contributed by atoms with Crippen LogP contribution in [0.1, 0.15) is 22.0 Å². The van der Waals surface area contributed by atoms with Gasteiger partial charge in [0.2, 0.25) is 5.78 Å². The third-order valence-corrected chi connectivity index (χ3v) is 7.85. The highest BCUT2D eigenvalue weighted by atomic mass is 16.7. The number of hydrogen-bond acceptors (Lipinski definition) is 17. The van der Waals surface area contributed by atoms with Crippen molar-refractivity contribution in [3.8, 4) is 28.7 Å². The Kier molecular flexibility index (Phi) is 9.68. The first kappa shape index (κ1) is 33.0. The van der Waals surface area contributed by atoms with E-state index in [-0.39, 0.29) is 28.4 Å². The summed E-state index contributed by atoms with van der Waals surface area (Å²) in [5.41, 5.74) is -0.155. The zero-order valence-electron chi connectivity index (χ0n) is 23.6. The second kappa shape index (κ2) is 13.2. The molecular formula is C28H34O17. The molecule has 3 heterocycles. The molecule has 12 atom stereocenters. The molecule has 3 aliphatic heterocycles. The smallest absolute Gasteiger partial charge is 0.203 e. The molecule has 0 bridgehead atoms. The molecule has 3 unspecified atom stereocenters. The standard InChI is InChI=1S/C28H34O17/c1-40-13-4-9(2-3-11(13)31)25-26(20(35)17-12(32)5-10(30)6-14(17)42-25)45-28-24(39)22(37)19(34)16(44-28)8-41-27-23(38)21(36)18(33)15(7-29)43-27/h2-6,15-16,18-19,21-34,36-39H,7-8H2,1H3/t15-,16?,18-,19-,21+,22+,23-,24-,25?,26?,27-,28+/m1/s1. The molecule has 0 radical (unpaired) electrons. The number of aliphatic hydroxyl groups excluding tert-OH is 7. The lowest BCUT2D eigenvalue weighted by molar-refractivity contribution is -0.335. The first-order chi connectivity index (χ1) is 21.4. The van der Waals surface area contributed by atoms with E-state index in [2.05, 4.69) is 0 Å². The fourth-order valence-corrected chi connectivity index (χ4v) is 5.36. The summed E-state index contributed by atoms with van der Waals surface area (Å²) in [7, 11) is 1.29. The number of aromatic hydroxyl groups is 3. The second-order valence-electron chi connectivity index (χ2n) is 10.8. The highest BCUT2D eigenvalue weighted by Crippen LogP contribution is 2.44. The van der Waals surface area contributed by atoms with Crippen molar-refractivity contribution in [1.82, 2.24) is 0 Å². The Morgan fingerprint density at radius 3 is 2.09 bits per heavy atom. The molecule has 0 aliphatic carbocycles. The number of Topliss-reactive ketones (excluding diaryl/α,β-unsaturated/α-hetero) is 1. The van der Waals surface area contributed by atoms with Gasteiger partial charge >= 0.3 is 0 Å². The van der Waals surface area contributed by atoms with E-state index in [0.717, 1.165) is 12.1 Å². The van der Waals surface area contributed by atoms with Crippen molar-refractivity contribution in [2.75, 3.05) is 20.3 Å². The largest absolute Gasteiger partial charge is 0.508 e. The van der Waals surface area contributed by atoms with Crippen molar-refractivity contribution in [1.29, 1.82) is 0 Å². The summed E-state index contributed by atoms with van der Waals surface area (Å²) in [6.07, 6.45) is -20.1. The van der Waals surface area contributed by atoms with Gasteiger partial charge in [-0.2, -0.15) is 0 Å². The van der Waals surface area contributed by atoms with Crippen LogP contribution >= 0.6 is 0 Å². The molecule has 5 rings (SSSR count). The number of phenols is 3. The fourth-order valence-electron chi connectivity index (χ4n) is 5.36. The number of carbonyl (C=O) groups is 1. The van der Waals surface area contributed by atoms with Crippen molar-refractivity contribution >= 4 is 5.78 Å². The Balaban J connectivity index is 1.40. The Hall–Kier alpha value is -3.33. The Bertz CT molecular complexity index is 1370. The quantitative estimate of drug-likeness (QED) is 0.139. The third kappa shape index (κ3) is 6.25. The van der Waals surface area contributed by atoms with E-state index in [9.17, 15) is 55.9 Å². The number of phenolic OH excluding ortho intramolecular Hbond substituents is 3. The maximum Gasteiger partial charge on any atom is 0.203 e. The van der Waals surface area contributed by atoms with Gasteiger partial charge in [-0.3, -0.25) is 4.79 Å². The SMILES string of the molecule is COc1cc(C2Oc3cc(O)cc(O)c3C(=O)C2O[C@@H]2OC(CO[C@@H]3O[C@H](CO)[C@@H](O)[C@H](O)[C@H]3O)[C@@H](O)[C@H](O)[C@H]2O)ccc1O. The summed E-state index contributed by atoms with van der Waals surface area (Å²) in [4.78, 5) is 13.7. The van der Waals surface area contributed by atoms with Gasteiger partial charge < -0.3 is 79.5 Å². The fraction of sp³-hybridized carbons (Fsp3) is 0.536. The van der Waals surface area contributed by atoms with Crippen LogP contribution < -0.4 is 9.47 Å². The zero-order valence-corrected chi connectivity index (χ0v) is 23.6. The minimum Gasteiger partial charge on any atom is -0.508 e. The van der Waals surface area contributed by atoms with Crippen molar-refractivity contribution in [2.45, 2.75) is 73.6 Å². The highest BCUT2D eigenvalue weighted by molar-refractivity contribution is 6.05.